The summed E-state index contributed by atoms with van der Waals surface area (Å²) in [4.78, 5) is 23.6. The molecular formula is C16H18N2O2. The van der Waals surface area contributed by atoms with E-state index >= 15 is 0 Å². The zero-order chi connectivity index (χ0) is 14.4. The van der Waals surface area contributed by atoms with Crippen LogP contribution in [0.3, 0.4) is 0 Å². The van der Waals surface area contributed by atoms with Crippen LogP contribution >= 0.6 is 0 Å². The van der Waals surface area contributed by atoms with Gasteiger partial charge in [-0.05, 0) is 23.3 Å². The van der Waals surface area contributed by atoms with Gasteiger partial charge in [0, 0.05) is 12.1 Å². The van der Waals surface area contributed by atoms with E-state index < -0.39 is 0 Å². The van der Waals surface area contributed by atoms with E-state index in [1.807, 2.05) is 43.3 Å². The second-order valence-corrected chi connectivity index (χ2v) is 4.56. The predicted molar refractivity (Wildman–Crippen MR) is 79.6 cm³/mol. The standard InChI is InChI=1S/C16H18N2O2/c1-2-10-17-15(19)11-18-16(20)14-9-5-7-12-6-3-4-8-13(12)14/h3-9H,2,10-11H2,1H3,(H,17,19)(H,18,20). The van der Waals surface area contributed by atoms with Crippen LogP contribution in [0.25, 0.3) is 10.8 Å². The molecule has 4 heteroatoms. The summed E-state index contributed by atoms with van der Waals surface area (Å²) in [6.45, 7) is 2.61. The SMILES string of the molecule is CCCNC(=O)CNC(=O)c1cccc2ccccc12. The van der Waals surface area contributed by atoms with Crippen molar-refractivity contribution >= 4 is 22.6 Å². The highest BCUT2D eigenvalue weighted by atomic mass is 16.2. The molecule has 2 rings (SSSR count). The molecule has 0 radical (unpaired) electrons. The fraction of sp³-hybridized carbons (Fsp3) is 0.250. The molecule has 0 spiro atoms. The van der Waals surface area contributed by atoms with Crippen molar-refractivity contribution in [1.29, 1.82) is 0 Å². The molecule has 0 heterocycles. The summed E-state index contributed by atoms with van der Waals surface area (Å²) < 4.78 is 0. The number of carbonyl (C=O) groups excluding carboxylic acids is 2. The fourth-order valence-corrected chi connectivity index (χ4v) is 2.01. The lowest BCUT2D eigenvalue weighted by Gasteiger charge is -2.08. The molecule has 0 aliphatic heterocycles. The molecule has 0 aliphatic carbocycles. The summed E-state index contributed by atoms with van der Waals surface area (Å²) in [5.74, 6) is -0.395. The third-order valence-electron chi connectivity index (χ3n) is 3.02. The highest BCUT2D eigenvalue weighted by Crippen LogP contribution is 2.18. The normalized spacial score (nSPS) is 10.2. The van der Waals surface area contributed by atoms with Crippen LogP contribution in [0.2, 0.25) is 0 Å². The Kier molecular flexibility index (Phi) is 4.71. The molecule has 2 amide bonds. The second-order valence-electron chi connectivity index (χ2n) is 4.56. The number of hydrogen-bond acceptors (Lipinski definition) is 2. The molecule has 0 atom stereocenters. The molecule has 2 aromatic carbocycles. The van der Waals surface area contributed by atoms with E-state index in [2.05, 4.69) is 10.6 Å². The minimum absolute atomic E-state index is 0.00204. The molecule has 0 fully saturated rings. The highest BCUT2D eigenvalue weighted by Gasteiger charge is 2.10. The Balaban J connectivity index is 2.06. The lowest BCUT2D eigenvalue weighted by molar-refractivity contribution is -0.120. The first-order valence-corrected chi connectivity index (χ1v) is 6.75. The average Bonchev–Trinajstić information content (AvgIpc) is 2.50. The van der Waals surface area contributed by atoms with Gasteiger partial charge in [0.1, 0.15) is 0 Å². The van der Waals surface area contributed by atoms with Crippen molar-refractivity contribution in [3.05, 3.63) is 48.0 Å². The maximum absolute atomic E-state index is 12.1. The van der Waals surface area contributed by atoms with Gasteiger partial charge in [-0.15, -0.1) is 0 Å². The number of amides is 2. The van der Waals surface area contributed by atoms with E-state index in [9.17, 15) is 9.59 Å². The topological polar surface area (TPSA) is 58.2 Å². The van der Waals surface area contributed by atoms with Crippen LogP contribution in [0.1, 0.15) is 23.7 Å². The fourth-order valence-electron chi connectivity index (χ4n) is 2.01. The summed E-state index contributed by atoms with van der Waals surface area (Å²) in [6, 6.07) is 13.3. The molecule has 0 unspecified atom stereocenters. The monoisotopic (exact) mass is 270 g/mol. The number of nitrogens with one attached hydrogen (secondary N) is 2. The average molecular weight is 270 g/mol. The van der Waals surface area contributed by atoms with E-state index in [1.54, 1.807) is 6.07 Å². The van der Waals surface area contributed by atoms with Crippen molar-refractivity contribution in [1.82, 2.24) is 10.6 Å². The minimum atomic E-state index is -0.228. The minimum Gasteiger partial charge on any atom is -0.355 e. The molecule has 104 valence electrons. The van der Waals surface area contributed by atoms with E-state index in [0.717, 1.165) is 17.2 Å². The summed E-state index contributed by atoms with van der Waals surface area (Å²) in [7, 11) is 0. The van der Waals surface area contributed by atoms with E-state index in [1.165, 1.54) is 0 Å². The van der Waals surface area contributed by atoms with Gasteiger partial charge in [0.15, 0.2) is 0 Å². The number of benzene rings is 2. The molecular weight excluding hydrogens is 252 g/mol. The Morgan fingerprint density at radius 1 is 1.00 bits per heavy atom. The number of fused-ring (bicyclic) bond motifs is 1. The predicted octanol–water partition coefficient (Wildman–Crippen LogP) is 2.10. The molecule has 2 N–H and O–H groups in total. The van der Waals surface area contributed by atoms with Gasteiger partial charge >= 0.3 is 0 Å². The Bertz CT molecular complexity index is 617. The van der Waals surface area contributed by atoms with Gasteiger partial charge in [-0.3, -0.25) is 9.59 Å². The van der Waals surface area contributed by atoms with E-state index in [0.29, 0.717) is 12.1 Å². The van der Waals surface area contributed by atoms with Crippen LogP contribution in [0, 0.1) is 0 Å². The van der Waals surface area contributed by atoms with Crippen LogP contribution < -0.4 is 10.6 Å². The van der Waals surface area contributed by atoms with Crippen molar-refractivity contribution in [2.45, 2.75) is 13.3 Å². The maximum Gasteiger partial charge on any atom is 0.252 e. The lowest BCUT2D eigenvalue weighted by Crippen LogP contribution is -2.37. The maximum atomic E-state index is 12.1. The molecule has 0 aromatic heterocycles. The number of carbonyl (C=O) groups is 2. The van der Waals surface area contributed by atoms with Crippen LogP contribution in [0.4, 0.5) is 0 Å². The van der Waals surface area contributed by atoms with Crippen molar-refractivity contribution in [3.63, 3.8) is 0 Å². The first-order valence-electron chi connectivity index (χ1n) is 6.75. The van der Waals surface area contributed by atoms with Gasteiger partial charge < -0.3 is 10.6 Å². The largest absolute Gasteiger partial charge is 0.355 e. The smallest absolute Gasteiger partial charge is 0.252 e. The van der Waals surface area contributed by atoms with Crippen LogP contribution in [-0.2, 0) is 4.79 Å². The van der Waals surface area contributed by atoms with Gasteiger partial charge in [-0.1, -0.05) is 43.3 Å². The van der Waals surface area contributed by atoms with E-state index in [4.69, 9.17) is 0 Å². The van der Waals surface area contributed by atoms with Crippen molar-refractivity contribution < 1.29 is 9.59 Å². The third kappa shape index (κ3) is 3.35. The highest BCUT2D eigenvalue weighted by molar-refractivity contribution is 6.07. The first-order chi connectivity index (χ1) is 9.72. The summed E-state index contributed by atoms with van der Waals surface area (Å²) >= 11 is 0. The van der Waals surface area contributed by atoms with Gasteiger partial charge in [-0.25, -0.2) is 0 Å². The van der Waals surface area contributed by atoms with E-state index in [-0.39, 0.29) is 18.4 Å². The molecule has 0 saturated heterocycles. The zero-order valence-corrected chi connectivity index (χ0v) is 11.5. The van der Waals surface area contributed by atoms with Gasteiger partial charge in [0.05, 0.1) is 6.54 Å². The number of rotatable bonds is 5. The van der Waals surface area contributed by atoms with Crippen molar-refractivity contribution in [3.8, 4) is 0 Å². The zero-order valence-electron chi connectivity index (χ0n) is 11.5. The molecule has 0 saturated carbocycles. The van der Waals surface area contributed by atoms with Crippen molar-refractivity contribution in [2.24, 2.45) is 0 Å². The molecule has 0 aliphatic rings. The van der Waals surface area contributed by atoms with Crippen LogP contribution in [0.15, 0.2) is 42.5 Å². The summed E-state index contributed by atoms with van der Waals surface area (Å²) in [5.41, 5.74) is 0.589. The quantitative estimate of drug-likeness (QED) is 0.874. The molecule has 2 aromatic rings. The Morgan fingerprint density at radius 3 is 2.55 bits per heavy atom. The van der Waals surface area contributed by atoms with Crippen LogP contribution in [0.5, 0.6) is 0 Å². The number of hydrogen-bond donors (Lipinski definition) is 2. The van der Waals surface area contributed by atoms with Crippen LogP contribution in [-0.4, -0.2) is 24.9 Å². The molecule has 4 nitrogen and oxygen atoms in total. The molecule has 0 bridgehead atoms. The summed E-state index contributed by atoms with van der Waals surface area (Å²) in [6.07, 6.45) is 0.878. The van der Waals surface area contributed by atoms with Crippen molar-refractivity contribution in [2.75, 3.05) is 13.1 Å². The third-order valence-corrected chi connectivity index (χ3v) is 3.02. The van der Waals surface area contributed by atoms with Gasteiger partial charge in [-0.2, -0.15) is 0 Å². The Hall–Kier alpha value is -2.36. The van der Waals surface area contributed by atoms with Gasteiger partial charge in [0.2, 0.25) is 5.91 Å². The van der Waals surface area contributed by atoms with Gasteiger partial charge in [0.25, 0.3) is 5.91 Å². The molecule has 20 heavy (non-hydrogen) atoms. The Labute approximate surface area is 118 Å². The Morgan fingerprint density at radius 2 is 1.75 bits per heavy atom. The first kappa shape index (κ1) is 14.1. The second kappa shape index (κ2) is 6.70. The summed E-state index contributed by atoms with van der Waals surface area (Å²) in [5, 5.41) is 7.27. The lowest BCUT2D eigenvalue weighted by atomic mass is 10.0.